The van der Waals surface area contributed by atoms with Gasteiger partial charge in [0.25, 0.3) is 0 Å². The number of nitrogens with one attached hydrogen (secondary N) is 1. The zero-order valence-corrected chi connectivity index (χ0v) is 9.12. The number of imidazole rings is 1. The Morgan fingerprint density at radius 3 is 2.71 bits per heavy atom. The van der Waals surface area contributed by atoms with Crippen molar-refractivity contribution in [3.8, 4) is 0 Å². The largest absolute Gasteiger partial charge is 0.383 e. The molecule has 0 amide bonds. The van der Waals surface area contributed by atoms with Gasteiger partial charge in [0.15, 0.2) is 6.10 Å². The first kappa shape index (κ1) is 13.1. The van der Waals surface area contributed by atoms with Crippen LogP contribution in [0.25, 0.3) is 0 Å². The Morgan fingerprint density at radius 1 is 1.53 bits per heavy atom. The van der Waals surface area contributed by atoms with Gasteiger partial charge in [-0.3, -0.25) is 0 Å². The van der Waals surface area contributed by atoms with Crippen molar-refractivity contribution in [1.82, 2.24) is 9.97 Å². The smallest absolute Gasteiger partial charge is 0.382 e. The highest BCUT2D eigenvalue weighted by Crippen LogP contribution is 1.99. The third-order valence-electron chi connectivity index (χ3n) is 1.84. The predicted molar refractivity (Wildman–Crippen MR) is 54.1 cm³/mol. The normalized spacial score (nSPS) is 13.8. The van der Waals surface area contributed by atoms with Crippen molar-refractivity contribution < 1.29 is 24.5 Å². The fourth-order valence-corrected chi connectivity index (χ4v) is 0.930. The van der Waals surface area contributed by atoms with E-state index < -0.39 is 24.1 Å². The second kappa shape index (κ2) is 5.97. The minimum Gasteiger partial charge on any atom is -0.382 e. The van der Waals surface area contributed by atoms with Gasteiger partial charge in [-0.25, -0.2) is 24.3 Å². The molecule has 1 aromatic rings. The molecule has 0 aromatic carbocycles. The van der Waals surface area contributed by atoms with E-state index >= 15 is 0 Å². The molecular weight excluding hydrogens is 230 g/mol. The number of hydrogen-bond acceptors (Lipinski definition) is 7. The molecule has 1 aromatic heterocycles. The number of hydrogen-bond donors (Lipinski definition) is 3. The summed E-state index contributed by atoms with van der Waals surface area (Å²) in [7, 11) is 0. The highest BCUT2D eigenvalue weighted by atomic mass is 17.2. The first-order chi connectivity index (χ1) is 8.00. The molecule has 1 heterocycles. The average molecular weight is 243 g/mol. The number of carbonyl (C=O) groups excluding carboxylic acids is 2. The Labute approximate surface area is 96.7 Å². The minimum absolute atomic E-state index is 0.172. The van der Waals surface area contributed by atoms with Crippen LogP contribution in [-0.2, 0) is 25.8 Å². The van der Waals surface area contributed by atoms with E-state index in [9.17, 15) is 9.59 Å². The molecule has 0 saturated heterocycles. The lowest BCUT2D eigenvalue weighted by Gasteiger charge is -2.09. The first-order valence-electron chi connectivity index (χ1n) is 4.83. The molecule has 4 N–H and O–H groups in total. The van der Waals surface area contributed by atoms with Crippen LogP contribution in [-0.4, -0.2) is 39.2 Å². The van der Waals surface area contributed by atoms with Crippen molar-refractivity contribution in [3.05, 3.63) is 18.2 Å². The number of aliphatic hydroxyl groups excluding tert-OH is 1. The predicted octanol–water partition coefficient (Wildman–Crippen LogP) is -1.34. The molecule has 0 bridgehead atoms. The molecule has 1 rings (SSSR count). The van der Waals surface area contributed by atoms with Gasteiger partial charge < -0.3 is 15.8 Å². The third kappa shape index (κ3) is 4.21. The van der Waals surface area contributed by atoms with E-state index in [1.165, 1.54) is 19.4 Å². The highest BCUT2D eigenvalue weighted by molar-refractivity contribution is 5.78. The van der Waals surface area contributed by atoms with Crippen LogP contribution in [0.15, 0.2) is 12.5 Å². The lowest BCUT2D eigenvalue weighted by molar-refractivity contribution is -0.264. The van der Waals surface area contributed by atoms with E-state index in [0.717, 1.165) is 0 Å². The van der Waals surface area contributed by atoms with Crippen LogP contribution in [0.5, 0.6) is 0 Å². The van der Waals surface area contributed by atoms with Crippen molar-refractivity contribution in [2.75, 3.05) is 0 Å². The lowest BCUT2D eigenvalue weighted by atomic mass is 10.2. The molecule has 0 spiro atoms. The Bertz CT molecular complexity index is 376. The number of nitrogens with zero attached hydrogens (tertiary/aromatic N) is 1. The van der Waals surface area contributed by atoms with Crippen molar-refractivity contribution >= 4 is 11.9 Å². The SMILES string of the molecule is C[C@@H](O)C(=O)OOC(=O)C(N)Cc1cnc[nH]1. The summed E-state index contributed by atoms with van der Waals surface area (Å²) >= 11 is 0. The van der Waals surface area contributed by atoms with Crippen LogP contribution in [0, 0.1) is 0 Å². The molecule has 0 aliphatic rings. The molecule has 2 atom stereocenters. The minimum atomic E-state index is -1.37. The van der Waals surface area contributed by atoms with Gasteiger partial charge in [0.2, 0.25) is 0 Å². The zero-order chi connectivity index (χ0) is 12.8. The van der Waals surface area contributed by atoms with E-state index in [1.807, 2.05) is 0 Å². The van der Waals surface area contributed by atoms with Crippen molar-refractivity contribution in [1.29, 1.82) is 0 Å². The van der Waals surface area contributed by atoms with Crippen LogP contribution in [0.2, 0.25) is 0 Å². The maximum absolute atomic E-state index is 11.3. The Kier molecular flexibility index (Phi) is 4.61. The molecule has 94 valence electrons. The Balaban J connectivity index is 2.35. The van der Waals surface area contributed by atoms with Crippen molar-refractivity contribution in [2.45, 2.75) is 25.5 Å². The maximum Gasteiger partial charge on any atom is 0.383 e. The van der Waals surface area contributed by atoms with Gasteiger partial charge in [-0.15, -0.1) is 0 Å². The summed E-state index contributed by atoms with van der Waals surface area (Å²) in [4.78, 5) is 36.8. The average Bonchev–Trinajstić information content (AvgIpc) is 2.77. The summed E-state index contributed by atoms with van der Waals surface area (Å²) in [6.45, 7) is 1.18. The molecule has 8 nitrogen and oxygen atoms in total. The number of aromatic amines is 1. The summed E-state index contributed by atoms with van der Waals surface area (Å²) < 4.78 is 0. The van der Waals surface area contributed by atoms with Gasteiger partial charge in [-0.2, -0.15) is 0 Å². The van der Waals surface area contributed by atoms with E-state index in [1.54, 1.807) is 0 Å². The summed E-state index contributed by atoms with van der Waals surface area (Å²) in [5.74, 6) is -1.97. The van der Waals surface area contributed by atoms with E-state index in [4.69, 9.17) is 10.8 Å². The monoisotopic (exact) mass is 243 g/mol. The van der Waals surface area contributed by atoms with Gasteiger partial charge in [-0.05, 0) is 6.92 Å². The summed E-state index contributed by atoms with van der Waals surface area (Å²) in [6, 6.07) is -0.989. The van der Waals surface area contributed by atoms with Crippen molar-refractivity contribution in [2.24, 2.45) is 5.73 Å². The van der Waals surface area contributed by atoms with Crippen LogP contribution in [0.1, 0.15) is 12.6 Å². The first-order valence-corrected chi connectivity index (χ1v) is 4.83. The number of rotatable bonds is 4. The highest BCUT2D eigenvalue weighted by Gasteiger charge is 2.21. The molecule has 0 radical (unpaired) electrons. The number of carbonyl (C=O) groups is 2. The van der Waals surface area contributed by atoms with Crippen LogP contribution in [0.4, 0.5) is 0 Å². The Hall–Kier alpha value is -1.93. The molecule has 0 saturated carbocycles. The summed E-state index contributed by atoms with van der Waals surface area (Å²) in [5, 5.41) is 8.77. The molecule has 17 heavy (non-hydrogen) atoms. The van der Waals surface area contributed by atoms with Crippen LogP contribution >= 0.6 is 0 Å². The van der Waals surface area contributed by atoms with E-state index in [2.05, 4.69) is 19.7 Å². The van der Waals surface area contributed by atoms with Crippen molar-refractivity contribution in [3.63, 3.8) is 0 Å². The van der Waals surface area contributed by atoms with E-state index in [0.29, 0.717) is 5.69 Å². The topological polar surface area (TPSA) is 128 Å². The maximum atomic E-state index is 11.3. The van der Waals surface area contributed by atoms with Gasteiger partial charge in [0.05, 0.1) is 6.33 Å². The van der Waals surface area contributed by atoms with Gasteiger partial charge >= 0.3 is 11.9 Å². The molecule has 8 heteroatoms. The number of aliphatic hydroxyl groups is 1. The second-order valence-electron chi connectivity index (χ2n) is 3.37. The molecule has 1 unspecified atom stereocenters. The molecule has 0 aliphatic heterocycles. The molecule has 0 aliphatic carbocycles. The second-order valence-corrected chi connectivity index (χ2v) is 3.37. The van der Waals surface area contributed by atoms with Gasteiger partial charge in [0.1, 0.15) is 6.04 Å². The number of aromatic nitrogens is 2. The standard InChI is InChI=1S/C9H13N3O5/c1-5(13)8(14)16-17-9(15)7(10)2-6-3-11-4-12-6/h3-5,7,13H,2,10H2,1H3,(H,11,12)/t5-,7?/m1/s1. The number of H-pyrrole nitrogens is 1. The number of nitrogens with two attached hydrogens (primary N) is 1. The Morgan fingerprint density at radius 2 is 2.18 bits per heavy atom. The van der Waals surface area contributed by atoms with Crippen LogP contribution < -0.4 is 5.73 Å². The summed E-state index contributed by atoms with van der Waals surface area (Å²) in [6.07, 6.45) is 1.76. The quantitative estimate of drug-likeness (QED) is 0.441. The fourth-order valence-electron chi connectivity index (χ4n) is 0.930. The van der Waals surface area contributed by atoms with Gasteiger partial charge in [0, 0.05) is 18.3 Å². The van der Waals surface area contributed by atoms with E-state index in [-0.39, 0.29) is 6.42 Å². The molecule has 0 fully saturated rings. The lowest BCUT2D eigenvalue weighted by Crippen LogP contribution is -2.35. The molecular formula is C9H13N3O5. The zero-order valence-electron chi connectivity index (χ0n) is 9.12. The fraction of sp³-hybridized carbons (Fsp3) is 0.444. The summed E-state index contributed by atoms with van der Waals surface area (Å²) in [5.41, 5.74) is 6.14. The third-order valence-corrected chi connectivity index (χ3v) is 1.84. The van der Waals surface area contributed by atoms with Crippen LogP contribution in [0.3, 0.4) is 0 Å². The van der Waals surface area contributed by atoms with Gasteiger partial charge in [-0.1, -0.05) is 0 Å².